The fourth-order valence-corrected chi connectivity index (χ4v) is 1.70. The standard InChI is InChI=1S/C14H17ClFNO4/c1-14(2,3)21-13(19)17-7-8-5-9(12(18)20-4)10(15)6-11(8)16/h5-6H,7H2,1-4H3,(H,17,19). The number of hydrogen-bond acceptors (Lipinski definition) is 4. The number of hydrogen-bond donors (Lipinski definition) is 1. The Labute approximate surface area is 127 Å². The summed E-state index contributed by atoms with van der Waals surface area (Å²) >= 11 is 5.77. The smallest absolute Gasteiger partial charge is 0.407 e. The summed E-state index contributed by atoms with van der Waals surface area (Å²) in [6, 6.07) is 2.24. The molecule has 1 amide bonds. The highest BCUT2D eigenvalue weighted by Crippen LogP contribution is 2.21. The van der Waals surface area contributed by atoms with Crippen LogP contribution in [0.25, 0.3) is 0 Å². The predicted octanol–water partition coefficient (Wildman–Crippen LogP) is 3.29. The van der Waals surface area contributed by atoms with Crippen molar-refractivity contribution in [1.82, 2.24) is 5.32 Å². The lowest BCUT2D eigenvalue weighted by molar-refractivity contribution is 0.0522. The van der Waals surface area contributed by atoms with E-state index in [1.807, 2.05) is 0 Å². The minimum Gasteiger partial charge on any atom is -0.465 e. The molecule has 0 saturated carbocycles. The van der Waals surface area contributed by atoms with Crippen molar-refractivity contribution in [2.45, 2.75) is 32.9 Å². The number of amides is 1. The number of carbonyl (C=O) groups is 2. The fraction of sp³-hybridized carbons (Fsp3) is 0.429. The van der Waals surface area contributed by atoms with Crippen LogP contribution >= 0.6 is 11.6 Å². The lowest BCUT2D eigenvalue weighted by Gasteiger charge is -2.19. The Balaban J connectivity index is 2.84. The first-order chi connectivity index (χ1) is 9.64. The fourth-order valence-electron chi connectivity index (χ4n) is 1.48. The third-order valence-electron chi connectivity index (χ3n) is 2.36. The first kappa shape index (κ1) is 17.2. The molecule has 0 saturated heterocycles. The Morgan fingerprint density at radius 2 is 1.95 bits per heavy atom. The second kappa shape index (κ2) is 6.76. The first-order valence-corrected chi connectivity index (χ1v) is 6.55. The van der Waals surface area contributed by atoms with Crippen molar-refractivity contribution in [2.24, 2.45) is 0 Å². The van der Waals surface area contributed by atoms with Crippen molar-refractivity contribution in [2.75, 3.05) is 7.11 Å². The third kappa shape index (κ3) is 5.23. The van der Waals surface area contributed by atoms with Crippen LogP contribution in [0.3, 0.4) is 0 Å². The molecule has 7 heteroatoms. The molecular weight excluding hydrogens is 301 g/mol. The Morgan fingerprint density at radius 3 is 2.48 bits per heavy atom. The van der Waals surface area contributed by atoms with E-state index >= 15 is 0 Å². The SMILES string of the molecule is COC(=O)c1cc(CNC(=O)OC(C)(C)C)c(F)cc1Cl. The number of carbonyl (C=O) groups excluding carboxylic acids is 2. The van der Waals surface area contributed by atoms with Gasteiger partial charge in [0.2, 0.25) is 0 Å². The number of rotatable bonds is 3. The molecule has 0 unspecified atom stereocenters. The van der Waals surface area contributed by atoms with Gasteiger partial charge in [-0.05, 0) is 32.9 Å². The van der Waals surface area contributed by atoms with E-state index in [2.05, 4.69) is 10.1 Å². The molecule has 0 radical (unpaired) electrons. The van der Waals surface area contributed by atoms with Gasteiger partial charge in [0.15, 0.2) is 0 Å². The van der Waals surface area contributed by atoms with Crippen LogP contribution < -0.4 is 5.32 Å². The maximum absolute atomic E-state index is 13.8. The average Bonchev–Trinajstić information content (AvgIpc) is 2.34. The molecular formula is C14H17ClFNO4. The number of benzene rings is 1. The van der Waals surface area contributed by atoms with E-state index in [9.17, 15) is 14.0 Å². The second-order valence-corrected chi connectivity index (χ2v) is 5.68. The van der Waals surface area contributed by atoms with Crippen molar-refractivity contribution in [3.05, 3.63) is 34.1 Å². The largest absolute Gasteiger partial charge is 0.465 e. The van der Waals surface area contributed by atoms with E-state index in [1.165, 1.54) is 13.2 Å². The van der Waals surface area contributed by atoms with Gasteiger partial charge in [0, 0.05) is 12.1 Å². The lowest BCUT2D eigenvalue weighted by atomic mass is 10.1. The van der Waals surface area contributed by atoms with Crippen molar-refractivity contribution in [1.29, 1.82) is 0 Å². The van der Waals surface area contributed by atoms with Gasteiger partial charge in [-0.1, -0.05) is 11.6 Å². The number of methoxy groups -OCH3 is 1. The Bertz CT molecular complexity index is 555. The van der Waals surface area contributed by atoms with E-state index in [-0.39, 0.29) is 22.7 Å². The molecule has 1 rings (SSSR count). The molecule has 0 aliphatic heterocycles. The summed E-state index contributed by atoms with van der Waals surface area (Å²) < 4.78 is 23.3. The normalized spacial score (nSPS) is 11.0. The van der Waals surface area contributed by atoms with E-state index in [4.69, 9.17) is 16.3 Å². The number of halogens is 2. The summed E-state index contributed by atoms with van der Waals surface area (Å²) in [6.07, 6.45) is -0.684. The average molecular weight is 318 g/mol. The molecule has 1 aromatic carbocycles. The van der Waals surface area contributed by atoms with Gasteiger partial charge < -0.3 is 14.8 Å². The summed E-state index contributed by atoms with van der Waals surface area (Å²) in [5.41, 5.74) is -0.521. The molecule has 21 heavy (non-hydrogen) atoms. The highest BCUT2D eigenvalue weighted by atomic mass is 35.5. The molecule has 5 nitrogen and oxygen atoms in total. The lowest BCUT2D eigenvalue weighted by Crippen LogP contribution is -2.32. The Morgan fingerprint density at radius 1 is 1.33 bits per heavy atom. The van der Waals surface area contributed by atoms with E-state index < -0.39 is 23.5 Å². The number of esters is 1. The molecule has 0 aliphatic carbocycles. The maximum atomic E-state index is 13.8. The van der Waals surface area contributed by atoms with Crippen LogP contribution in [0.5, 0.6) is 0 Å². The predicted molar refractivity (Wildman–Crippen MR) is 75.8 cm³/mol. The monoisotopic (exact) mass is 317 g/mol. The van der Waals surface area contributed by atoms with E-state index in [0.717, 1.165) is 6.07 Å². The number of nitrogens with one attached hydrogen (secondary N) is 1. The molecule has 1 aromatic rings. The summed E-state index contributed by atoms with van der Waals surface area (Å²) in [5, 5.41) is 2.35. The highest BCUT2D eigenvalue weighted by Gasteiger charge is 2.18. The quantitative estimate of drug-likeness (QED) is 0.869. The first-order valence-electron chi connectivity index (χ1n) is 6.17. The van der Waals surface area contributed by atoms with Crippen LogP contribution in [0.4, 0.5) is 9.18 Å². The molecule has 0 aromatic heterocycles. The van der Waals surface area contributed by atoms with Gasteiger partial charge in [-0.25, -0.2) is 14.0 Å². The maximum Gasteiger partial charge on any atom is 0.407 e. The topological polar surface area (TPSA) is 64.6 Å². The van der Waals surface area contributed by atoms with Gasteiger partial charge in [-0.3, -0.25) is 0 Å². The van der Waals surface area contributed by atoms with Crippen LogP contribution in [-0.4, -0.2) is 24.8 Å². The molecule has 0 aliphatic rings. The molecule has 1 N–H and O–H groups in total. The number of ether oxygens (including phenoxy) is 2. The molecule has 0 bridgehead atoms. The minimum absolute atomic E-state index is 0.0292. The summed E-state index contributed by atoms with van der Waals surface area (Å²) in [7, 11) is 1.20. The van der Waals surface area contributed by atoms with Crippen LogP contribution in [-0.2, 0) is 16.0 Å². The van der Waals surface area contributed by atoms with Crippen molar-refractivity contribution in [3.63, 3.8) is 0 Å². The van der Waals surface area contributed by atoms with Gasteiger partial charge in [0.25, 0.3) is 0 Å². The highest BCUT2D eigenvalue weighted by molar-refractivity contribution is 6.33. The van der Waals surface area contributed by atoms with Crippen LogP contribution in [0.2, 0.25) is 5.02 Å². The van der Waals surface area contributed by atoms with Crippen molar-refractivity contribution >= 4 is 23.7 Å². The molecule has 0 atom stereocenters. The third-order valence-corrected chi connectivity index (χ3v) is 2.68. The van der Waals surface area contributed by atoms with Crippen LogP contribution in [0.15, 0.2) is 12.1 Å². The van der Waals surface area contributed by atoms with Gasteiger partial charge in [-0.2, -0.15) is 0 Å². The van der Waals surface area contributed by atoms with E-state index in [0.29, 0.717) is 0 Å². The van der Waals surface area contributed by atoms with Gasteiger partial charge in [-0.15, -0.1) is 0 Å². The summed E-state index contributed by atoms with van der Waals surface area (Å²) in [6.45, 7) is 5.00. The van der Waals surface area contributed by atoms with Gasteiger partial charge in [0.05, 0.1) is 17.7 Å². The van der Waals surface area contributed by atoms with Gasteiger partial charge in [0.1, 0.15) is 11.4 Å². The van der Waals surface area contributed by atoms with Crippen molar-refractivity contribution in [3.8, 4) is 0 Å². The molecule has 0 fully saturated rings. The summed E-state index contributed by atoms with van der Waals surface area (Å²) in [4.78, 5) is 23.0. The zero-order valence-corrected chi connectivity index (χ0v) is 13.0. The molecule has 116 valence electrons. The van der Waals surface area contributed by atoms with Crippen LogP contribution in [0, 0.1) is 5.82 Å². The van der Waals surface area contributed by atoms with Gasteiger partial charge >= 0.3 is 12.1 Å². The number of alkyl carbamates (subject to hydrolysis) is 1. The van der Waals surface area contributed by atoms with Crippen molar-refractivity contribution < 1.29 is 23.5 Å². The zero-order valence-electron chi connectivity index (χ0n) is 12.3. The summed E-state index contributed by atoms with van der Waals surface area (Å²) in [5.74, 6) is -1.32. The molecule has 0 spiro atoms. The molecule has 0 heterocycles. The second-order valence-electron chi connectivity index (χ2n) is 5.27. The Kier molecular flexibility index (Phi) is 5.54. The van der Waals surface area contributed by atoms with E-state index in [1.54, 1.807) is 20.8 Å². The Hall–Kier alpha value is -1.82. The van der Waals surface area contributed by atoms with Crippen LogP contribution in [0.1, 0.15) is 36.7 Å². The minimum atomic E-state index is -0.684. The zero-order chi connectivity index (χ0) is 16.2.